The summed E-state index contributed by atoms with van der Waals surface area (Å²) in [6.07, 6.45) is 1.50. The zero-order valence-electron chi connectivity index (χ0n) is 12.4. The lowest BCUT2D eigenvalue weighted by atomic mass is 10.2. The number of nitrogens with one attached hydrogen (secondary N) is 1. The van der Waals surface area contributed by atoms with E-state index in [1.807, 2.05) is 24.3 Å². The SMILES string of the molecule is C[C@H](Sc1ncnc2ccccc12)C(=O)Nc1ccc(F)cc1. The Bertz CT molecular complexity index is 833. The van der Waals surface area contributed by atoms with Crippen LogP contribution in [0.1, 0.15) is 6.92 Å². The molecule has 1 amide bonds. The van der Waals surface area contributed by atoms with Crippen molar-refractivity contribution in [2.24, 2.45) is 0 Å². The number of fused-ring (bicyclic) bond motifs is 1. The lowest BCUT2D eigenvalue weighted by molar-refractivity contribution is -0.115. The van der Waals surface area contributed by atoms with Gasteiger partial charge in [-0.1, -0.05) is 30.0 Å². The molecule has 0 saturated heterocycles. The molecule has 0 radical (unpaired) electrons. The minimum Gasteiger partial charge on any atom is -0.325 e. The predicted octanol–water partition coefficient (Wildman–Crippen LogP) is 3.89. The Labute approximate surface area is 137 Å². The second-order valence-electron chi connectivity index (χ2n) is 4.95. The number of hydrogen-bond acceptors (Lipinski definition) is 4. The first kappa shape index (κ1) is 15.4. The van der Waals surface area contributed by atoms with Crippen molar-refractivity contribution in [3.63, 3.8) is 0 Å². The maximum Gasteiger partial charge on any atom is 0.237 e. The van der Waals surface area contributed by atoms with E-state index in [0.29, 0.717) is 5.69 Å². The Hall–Kier alpha value is -2.47. The van der Waals surface area contributed by atoms with Gasteiger partial charge in [-0.05, 0) is 37.3 Å². The van der Waals surface area contributed by atoms with Crippen LogP contribution in [0.25, 0.3) is 10.9 Å². The number of nitrogens with zero attached hydrogens (tertiary/aromatic N) is 2. The fraction of sp³-hybridized carbons (Fsp3) is 0.118. The van der Waals surface area contributed by atoms with Crippen molar-refractivity contribution >= 4 is 34.3 Å². The number of para-hydroxylation sites is 1. The average Bonchev–Trinajstić information content (AvgIpc) is 2.57. The fourth-order valence-electron chi connectivity index (χ4n) is 2.07. The number of aromatic nitrogens is 2. The minimum absolute atomic E-state index is 0.163. The van der Waals surface area contributed by atoms with E-state index < -0.39 is 0 Å². The molecule has 2 aromatic carbocycles. The molecule has 23 heavy (non-hydrogen) atoms. The summed E-state index contributed by atoms with van der Waals surface area (Å²) < 4.78 is 12.9. The predicted molar refractivity (Wildman–Crippen MR) is 89.9 cm³/mol. The molecule has 0 unspecified atom stereocenters. The minimum atomic E-state index is -0.349. The van der Waals surface area contributed by atoms with Crippen LogP contribution in [0.15, 0.2) is 59.9 Å². The van der Waals surface area contributed by atoms with E-state index in [-0.39, 0.29) is 17.0 Å². The Morgan fingerprint density at radius 2 is 1.87 bits per heavy atom. The van der Waals surface area contributed by atoms with E-state index in [0.717, 1.165) is 15.9 Å². The molecule has 116 valence electrons. The number of hydrogen-bond donors (Lipinski definition) is 1. The zero-order valence-corrected chi connectivity index (χ0v) is 13.2. The first-order chi connectivity index (χ1) is 11.1. The molecule has 1 aromatic heterocycles. The number of benzene rings is 2. The number of thioether (sulfide) groups is 1. The van der Waals surface area contributed by atoms with E-state index in [4.69, 9.17) is 0 Å². The maximum absolute atomic E-state index is 12.9. The molecular weight excluding hydrogens is 313 g/mol. The summed E-state index contributed by atoms with van der Waals surface area (Å²) in [4.78, 5) is 20.7. The van der Waals surface area contributed by atoms with Gasteiger partial charge in [-0.3, -0.25) is 4.79 Å². The standard InChI is InChI=1S/C17H14FN3OS/c1-11(16(22)21-13-8-6-12(18)7-9-13)23-17-14-4-2-3-5-15(14)19-10-20-17/h2-11H,1H3,(H,21,22)/t11-/m0/s1. The second kappa shape index (κ2) is 6.75. The fourth-order valence-corrected chi connectivity index (χ4v) is 2.98. The molecular formula is C17H14FN3OS. The van der Waals surface area contributed by atoms with Crippen LogP contribution < -0.4 is 5.32 Å². The average molecular weight is 327 g/mol. The lowest BCUT2D eigenvalue weighted by Gasteiger charge is -2.12. The van der Waals surface area contributed by atoms with Gasteiger partial charge in [0.25, 0.3) is 0 Å². The number of carbonyl (C=O) groups is 1. The van der Waals surface area contributed by atoms with Gasteiger partial charge in [0, 0.05) is 11.1 Å². The van der Waals surface area contributed by atoms with E-state index in [2.05, 4.69) is 15.3 Å². The lowest BCUT2D eigenvalue weighted by Crippen LogP contribution is -2.22. The number of rotatable bonds is 4. The highest BCUT2D eigenvalue weighted by molar-refractivity contribution is 8.00. The third-order valence-electron chi connectivity index (χ3n) is 3.28. The molecule has 3 aromatic rings. The molecule has 4 nitrogen and oxygen atoms in total. The van der Waals surface area contributed by atoms with Gasteiger partial charge in [-0.2, -0.15) is 0 Å². The number of anilines is 1. The normalized spacial score (nSPS) is 12.1. The van der Waals surface area contributed by atoms with Gasteiger partial charge in [-0.15, -0.1) is 0 Å². The number of amides is 1. The Morgan fingerprint density at radius 3 is 2.65 bits per heavy atom. The van der Waals surface area contributed by atoms with Crippen LogP contribution in [0, 0.1) is 5.82 Å². The topological polar surface area (TPSA) is 54.9 Å². The van der Waals surface area contributed by atoms with Gasteiger partial charge in [0.2, 0.25) is 5.91 Å². The van der Waals surface area contributed by atoms with E-state index in [9.17, 15) is 9.18 Å². The summed E-state index contributed by atoms with van der Waals surface area (Å²) in [5.74, 6) is -0.498. The first-order valence-electron chi connectivity index (χ1n) is 7.06. The molecule has 0 aliphatic rings. The highest BCUT2D eigenvalue weighted by atomic mass is 32.2. The number of halogens is 1. The van der Waals surface area contributed by atoms with Crippen molar-refractivity contribution in [3.8, 4) is 0 Å². The molecule has 0 spiro atoms. The second-order valence-corrected chi connectivity index (χ2v) is 6.28. The molecule has 0 fully saturated rings. The third kappa shape index (κ3) is 3.65. The van der Waals surface area contributed by atoms with Crippen molar-refractivity contribution in [2.45, 2.75) is 17.2 Å². The van der Waals surface area contributed by atoms with Crippen molar-refractivity contribution < 1.29 is 9.18 Å². The van der Waals surface area contributed by atoms with Gasteiger partial charge < -0.3 is 5.32 Å². The summed E-state index contributed by atoms with van der Waals surface area (Å²) in [6.45, 7) is 1.81. The molecule has 1 N–H and O–H groups in total. The molecule has 0 aliphatic carbocycles. The molecule has 3 rings (SSSR count). The zero-order chi connectivity index (χ0) is 16.2. The summed E-state index contributed by atoms with van der Waals surface area (Å²) in [5.41, 5.74) is 1.41. The van der Waals surface area contributed by atoms with Crippen LogP contribution in [0.3, 0.4) is 0 Å². The maximum atomic E-state index is 12.9. The van der Waals surface area contributed by atoms with Gasteiger partial charge in [-0.25, -0.2) is 14.4 Å². The largest absolute Gasteiger partial charge is 0.325 e. The van der Waals surface area contributed by atoms with Crippen LogP contribution in [-0.4, -0.2) is 21.1 Å². The molecule has 1 atom stereocenters. The van der Waals surface area contributed by atoms with Crippen LogP contribution in [0.2, 0.25) is 0 Å². The molecule has 0 saturated carbocycles. The molecule has 1 heterocycles. The smallest absolute Gasteiger partial charge is 0.237 e. The van der Waals surface area contributed by atoms with E-state index in [1.165, 1.54) is 42.4 Å². The summed E-state index contributed by atoms with van der Waals surface area (Å²) in [7, 11) is 0. The highest BCUT2D eigenvalue weighted by Gasteiger charge is 2.17. The summed E-state index contributed by atoms with van der Waals surface area (Å²) in [5, 5.41) is 4.10. The van der Waals surface area contributed by atoms with Crippen LogP contribution in [0.4, 0.5) is 10.1 Å². The highest BCUT2D eigenvalue weighted by Crippen LogP contribution is 2.28. The van der Waals surface area contributed by atoms with Crippen molar-refractivity contribution in [2.75, 3.05) is 5.32 Å². The summed E-state index contributed by atoms with van der Waals surface area (Å²) in [6, 6.07) is 13.4. The quantitative estimate of drug-likeness (QED) is 0.583. The van der Waals surface area contributed by atoms with Crippen molar-refractivity contribution in [3.05, 3.63) is 60.7 Å². The Morgan fingerprint density at radius 1 is 1.13 bits per heavy atom. The van der Waals surface area contributed by atoms with Crippen LogP contribution in [0.5, 0.6) is 0 Å². The summed E-state index contributed by atoms with van der Waals surface area (Å²) >= 11 is 1.37. The first-order valence-corrected chi connectivity index (χ1v) is 7.94. The molecule has 0 aliphatic heterocycles. The molecule has 6 heteroatoms. The van der Waals surface area contributed by atoms with Crippen LogP contribution in [-0.2, 0) is 4.79 Å². The number of carbonyl (C=O) groups excluding carboxylic acids is 1. The van der Waals surface area contributed by atoms with Gasteiger partial charge in [0.15, 0.2) is 0 Å². The van der Waals surface area contributed by atoms with Gasteiger partial charge in [0.1, 0.15) is 17.2 Å². The monoisotopic (exact) mass is 327 g/mol. The third-order valence-corrected chi connectivity index (χ3v) is 4.39. The van der Waals surface area contributed by atoms with E-state index >= 15 is 0 Å². The Balaban J connectivity index is 1.73. The Kier molecular flexibility index (Phi) is 4.52. The van der Waals surface area contributed by atoms with Gasteiger partial charge >= 0.3 is 0 Å². The van der Waals surface area contributed by atoms with Gasteiger partial charge in [0.05, 0.1) is 10.8 Å². The van der Waals surface area contributed by atoms with Crippen molar-refractivity contribution in [1.82, 2.24) is 9.97 Å². The van der Waals surface area contributed by atoms with E-state index in [1.54, 1.807) is 6.92 Å². The van der Waals surface area contributed by atoms with Crippen molar-refractivity contribution in [1.29, 1.82) is 0 Å². The molecule has 0 bridgehead atoms. The van der Waals surface area contributed by atoms with Crippen LogP contribution >= 0.6 is 11.8 Å².